The Balaban J connectivity index is 2.26. The molecule has 0 amide bonds. The maximum Gasteiger partial charge on any atom is 0.243 e. The van der Waals surface area contributed by atoms with Crippen LogP contribution in [0.1, 0.15) is 18.4 Å². The van der Waals surface area contributed by atoms with Gasteiger partial charge >= 0.3 is 0 Å². The van der Waals surface area contributed by atoms with Gasteiger partial charge in [0.25, 0.3) is 0 Å². The number of hydrogen-bond donors (Lipinski definition) is 1. The highest BCUT2D eigenvalue weighted by Gasteiger charge is 2.25. The standard InChI is InChI=1S/C12H15F2NO3S/c1-8-5-11(14)12(6-10(8)13)19(16,17)15-9-3-2-4-18-7-9/h5-6,9,15H,2-4,7H2,1H3. The van der Waals surface area contributed by atoms with Crippen molar-refractivity contribution in [2.75, 3.05) is 13.2 Å². The molecule has 1 atom stereocenters. The van der Waals surface area contributed by atoms with Gasteiger partial charge in [-0.2, -0.15) is 0 Å². The molecule has 0 radical (unpaired) electrons. The van der Waals surface area contributed by atoms with Crippen molar-refractivity contribution in [3.63, 3.8) is 0 Å². The van der Waals surface area contributed by atoms with Gasteiger partial charge < -0.3 is 4.74 Å². The first-order chi connectivity index (χ1) is 8.90. The second kappa shape index (κ2) is 5.52. The van der Waals surface area contributed by atoms with Crippen molar-refractivity contribution in [2.24, 2.45) is 0 Å². The molecule has 1 aromatic carbocycles. The Labute approximate surface area is 110 Å². The van der Waals surface area contributed by atoms with E-state index >= 15 is 0 Å². The van der Waals surface area contributed by atoms with Crippen molar-refractivity contribution in [3.8, 4) is 0 Å². The van der Waals surface area contributed by atoms with E-state index in [0.29, 0.717) is 19.1 Å². The fourth-order valence-corrected chi connectivity index (χ4v) is 3.28. The molecule has 19 heavy (non-hydrogen) atoms. The van der Waals surface area contributed by atoms with E-state index in [1.54, 1.807) is 0 Å². The SMILES string of the molecule is Cc1cc(F)c(S(=O)(=O)NC2CCCOC2)cc1F. The smallest absolute Gasteiger partial charge is 0.243 e. The average molecular weight is 291 g/mol. The van der Waals surface area contributed by atoms with Crippen LogP contribution in [0.5, 0.6) is 0 Å². The summed E-state index contributed by atoms with van der Waals surface area (Å²) in [6, 6.07) is 1.18. The Kier molecular flexibility index (Phi) is 4.17. The van der Waals surface area contributed by atoms with Crippen molar-refractivity contribution in [1.82, 2.24) is 4.72 Å². The minimum Gasteiger partial charge on any atom is -0.380 e. The molecule has 106 valence electrons. The first-order valence-corrected chi connectivity index (χ1v) is 7.44. The maximum atomic E-state index is 13.7. The van der Waals surface area contributed by atoms with Gasteiger partial charge in [0.15, 0.2) is 0 Å². The van der Waals surface area contributed by atoms with E-state index in [4.69, 9.17) is 4.74 Å². The number of ether oxygens (including phenoxy) is 1. The first kappa shape index (κ1) is 14.4. The third-order valence-electron chi connectivity index (χ3n) is 2.98. The zero-order valence-corrected chi connectivity index (χ0v) is 11.3. The van der Waals surface area contributed by atoms with Crippen molar-refractivity contribution < 1.29 is 21.9 Å². The molecule has 0 aliphatic carbocycles. The van der Waals surface area contributed by atoms with Crippen LogP contribution < -0.4 is 4.72 Å². The van der Waals surface area contributed by atoms with E-state index in [-0.39, 0.29) is 12.2 Å². The molecule has 1 aliphatic rings. The van der Waals surface area contributed by atoms with Gasteiger partial charge in [-0.1, -0.05) is 0 Å². The van der Waals surface area contributed by atoms with Crippen LogP contribution in [0, 0.1) is 18.6 Å². The van der Waals surface area contributed by atoms with Crippen LogP contribution in [0.15, 0.2) is 17.0 Å². The lowest BCUT2D eigenvalue weighted by atomic mass is 10.1. The Bertz CT molecular complexity index is 569. The summed E-state index contributed by atoms with van der Waals surface area (Å²) in [4.78, 5) is -0.666. The van der Waals surface area contributed by atoms with Crippen LogP contribution in [0.4, 0.5) is 8.78 Å². The molecular weight excluding hydrogens is 276 g/mol. The van der Waals surface area contributed by atoms with Crippen LogP contribution in [-0.2, 0) is 14.8 Å². The molecule has 1 aliphatic heterocycles. The quantitative estimate of drug-likeness (QED) is 0.922. The summed E-state index contributed by atoms with van der Waals surface area (Å²) in [7, 11) is -4.07. The molecule has 4 nitrogen and oxygen atoms in total. The number of sulfonamides is 1. The molecule has 0 spiro atoms. The molecule has 1 N–H and O–H groups in total. The van der Waals surface area contributed by atoms with Crippen molar-refractivity contribution in [1.29, 1.82) is 0 Å². The highest BCUT2D eigenvalue weighted by atomic mass is 32.2. The van der Waals surface area contributed by atoms with Crippen molar-refractivity contribution in [2.45, 2.75) is 30.7 Å². The van der Waals surface area contributed by atoms with Gasteiger partial charge in [0, 0.05) is 12.6 Å². The molecule has 1 unspecified atom stereocenters. The van der Waals surface area contributed by atoms with Crippen molar-refractivity contribution >= 4 is 10.0 Å². The van der Waals surface area contributed by atoms with E-state index in [0.717, 1.165) is 12.5 Å². The lowest BCUT2D eigenvalue weighted by Gasteiger charge is -2.23. The molecule has 0 saturated carbocycles. The fraction of sp³-hybridized carbons (Fsp3) is 0.500. The van der Waals surface area contributed by atoms with Crippen molar-refractivity contribution in [3.05, 3.63) is 29.3 Å². The molecule has 1 saturated heterocycles. The number of halogens is 2. The van der Waals surface area contributed by atoms with Crippen LogP contribution in [0.25, 0.3) is 0 Å². The van der Waals surface area contributed by atoms with E-state index in [2.05, 4.69) is 4.72 Å². The molecule has 1 fully saturated rings. The van der Waals surface area contributed by atoms with E-state index in [1.165, 1.54) is 6.92 Å². The summed E-state index contributed by atoms with van der Waals surface area (Å²) in [5, 5.41) is 0. The maximum absolute atomic E-state index is 13.7. The van der Waals surface area contributed by atoms with Gasteiger partial charge in [-0.25, -0.2) is 21.9 Å². The normalized spacial score (nSPS) is 20.5. The average Bonchev–Trinajstić information content (AvgIpc) is 2.34. The van der Waals surface area contributed by atoms with Crippen LogP contribution in [0.3, 0.4) is 0 Å². The third-order valence-corrected chi connectivity index (χ3v) is 4.52. The van der Waals surface area contributed by atoms with Crippen LogP contribution in [0.2, 0.25) is 0 Å². The van der Waals surface area contributed by atoms with Gasteiger partial charge in [0.1, 0.15) is 16.5 Å². The van der Waals surface area contributed by atoms with E-state index in [1.807, 2.05) is 0 Å². The van der Waals surface area contributed by atoms with E-state index < -0.39 is 32.6 Å². The van der Waals surface area contributed by atoms with Gasteiger partial charge in [0.05, 0.1) is 6.61 Å². The highest BCUT2D eigenvalue weighted by Crippen LogP contribution is 2.20. The minimum atomic E-state index is -4.07. The monoisotopic (exact) mass is 291 g/mol. The zero-order chi connectivity index (χ0) is 14.0. The summed E-state index contributed by atoms with van der Waals surface area (Å²) >= 11 is 0. The fourth-order valence-electron chi connectivity index (χ4n) is 1.95. The highest BCUT2D eigenvalue weighted by molar-refractivity contribution is 7.89. The van der Waals surface area contributed by atoms with Gasteiger partial charge in [-0.15, -0.1) is 0 Å². The zero-order valence-electron chi connectivity index (χ0n) is 10.4. The Hall–Kier alpha value is -1.05. The number of rotatable bonds is 3. The lowest BCUT2D eigenvalue weighted by Crippen LogP contribution is -2.40. The van der Waals surface area contributed by atoms with Gasteiger partial charge in [-0.3, -0.25) is 0 Å². The topological polar surface area (TPSA) is 55.4 Å². The summed E-state index contributed by atoms with van der Waals surface area (Å²) in [6.07, 6.45) is 1.35. The van der Waals surface area contributed by atoms with Gasteiger partial charge in [0.2, 0.25) is 10.0 Å². The predicted molar refractivity (Wildman–Crippen MR) is 65.3 cm³/mol. The summed E-state index contributed by atoms with van der Waals surface area (Å²) in [6.45, 7) is 2.21. The molecule has 1 heterocycles. The summed E-state index contributed by atoms with van der Waals surface area (Å²) in [5.41, 5.74) is 0.0671. The van der Waals surface area contributed by atoms with Gasteiger partial charge in [-0.05, 0) is 37.5 Å². The largest absolute Gasteiger partial charge is 0.380 e. The molecule has 0 bridgehead atoms. The molecule has 7 heteroatoms. The molecular formula is C12H15F2NO3S. The Morgan fingerprint density at radius 3 is 2.68 bits per heavy atom. The number of nitrogens with one attached hydrogen (secondary N) is 1. The Morgan fingerprint density at radius 1 is 1.32 bits per heavy atom. The number of benzene rings is 1. The predicted octanol–water partition coefficient (Wildman–Crippen LogP) is 1.73. The number of hydrogen-bond acceptors (Lipinski definition) is 3. The van der Waals surface area contributed by atoms with Crippen LogP contribution >= 0.6 is 0 Å². The third kappa shape index (κ3) is 3.29. The minimum absolute atomic E-state index is 0.0671. The van der Waals surface area contributed by atoms with Crippen LogP contribution in [-0.4, -0.2) is 27.7 Å². The van der Waals surface area contributed by atoms with E-state index in [9.17, 15) is 17.2 Å². The number of aryl methyl sites for hydroxylation is 1. The molecule has 1 aromatic rings. The summed E-state index contributed by atoms with van der Waals surface area (Å²) < 4.78 is 58.6. The first-order valence-electron chi connectivity index (χ1n) is 5.96. The molecule has 0 aromatic heterocycles. The molecule has 2 rings (SSSR count). The lowest BCUT2D eigenvalue weighted by molar-refractivity contribution is 0.0774. The summed E-state index contributed by atoms with van der Waals surface area (Å²) in [5.74, 6) is -1.70. The second-order valence-corrected chi connectivity index (χ2v) is 6.25. The second-order valence-electron chi connectivity index (χ2n) is 4.57. The Morgan fingerprint density at radius 2 is 2.05 bits per heavy atom.